The number of thiophene rings is 1. The maximum atomic E-state index is 12.7. The third-order valence-electron chi connectivity index (χ3n) is 3.82. The van der Waals surface area contributed by atoms with Gasteiger partial charge >= 0.3 is 0 Å². The highest BCUT2D eigenvalue weighted by atomic mass is 79.9. The maximum absolute atomic E-state index is 12.7. The Hall–Kier alpha value is -0.350. The van der Waals surface area contributed by atoms with Crippen LogP contribution in [0.5, 0.6) is 0 Å². The Morgan fingerprint density at radius 1 is 1.37 bits per heavy atom. The summed E-state index contributed by atoms with van der Waals surface area (Å²) in [4.78, 5) is 17.0. The fraction of sp³-hybridized carbons (Fsp3) is 0.667. The molecule has 0 radical (unpaired) electrons. The molecule has 0 unspecified atom stereocenters. The number of hydrogen-bond acceptors (Lipinski definition) is 2. The van der Waals surface area contributed by atoms with Crippen molar-refractivity contribution in [2.45, 2.75) is 51.5 Å². The lowest BCUT2D eigenvalue weighted by Crippen LogP contribution is -2.42. The number of rotatable bonds is 5. The van der Waals surface area contributed by atoms with E-state index in [2.05, 4.69) is 33.8 Å². The van der Waals surface area contributed by atoms with Crippen LogP contribution in [0.2, 0.25) is 0 Å². The van der Waals surface area contributed by atoms with Crippen molar-refractivity contribution in [3.8, 4) is 0 Å². The maximum Gasteiger partial charge on any atom is 0.264 e. The van der Waals surface area contributed by atoms with Crippen molar-refractivity contribution in [2.75, 3.05) is 11.9 Å². The van der Waals surface area contributed by atoms with Gasteiger partial charge in [0, 0.05) is 22.8 Å². The Morgan fingerprint density at radius 2 is 2.11 bits per heavy atom. The molecule has 0 aromatic carbocycles. The van der Waals surface area contributed by atoms with Gasteiger partial charge in [0.1, 0.15) is 0 Å². The van der Waals surface area contributed by atoms with Gasteiger partial charge < -0.3 is 4.90 Å². The summed E-state index contributed by atoms with van der Waals surface area (Å²) in [7, 11) is 0. The summed E-state index contributed by atoms with van der Waals surface area (Å²) < 4.78 is 0. The third-order valence-corrected chi connectivity index (χ3v) is 5.39. The van der Waals surface area contributed by atoms with Crippen LogP contribution in [0.25, 0.3) is 0 Å². The molecule has 19 heavy (non-hydrogen) atoms. The van der Waals surface area contributed by atoms with Gasteiger partial charge in [0.2, 0.25) is 0 Å². The van der Waals surface area contributed by atoms with Crippen LogP contribution >= 0.6 is 27.3 Å². The molecule has 1 fully saturated rings. The van der Waals surface area contributed by atoms with Gasteiger partial charge in [-0.15, -0.1) is 11.3 Å². The molecule has 0 spiro atoms. The second kappa shape index (κ2) is 7.44. The van der Waals surface area contributed by atoms with Gasteiger partial charge in [0.25, 0.3) is 5.91 Å². The van der Waals surface area contributed by atoms with Crippen LogP contribution in [0.15, 0.2) is 12.1 Å². The minimum absolute atomic E-state index is 0.232. The molecule has 0 atom stereocenters. The molecule has 1 amide bonds. The molecular weight excluding hydrogens is 322 g/mol. The number of nitrogens with zero attached hydrogens (tertiary/aromatic N) is 1. The molecule has 1 aromatic heterocycles. The van der Waals surface area contributed by atoms with Gasteiger partial charge in [0.15, 0.2) is 0 Å². The molecule has 0 saturated heterocycles. The van der Waals surface area contributed by atoms with Crippen molar-refractivity contribution in [1.82, 2.24) is 4.90 Å². The number of aryl methyl sites for hydroxylation is 1. The smallest absolute Gasteiger partial charge is 0.264 e. The quantitative estimate of drug-likeness (QED) is 0.721. The number of amides is 1. The zero-order valence-electron chi connectivity index (χ0n) is 11.5. The minimum Gasteiger partial charge on any atom is -0.334 e. The summed E-state index contributed by atoms with van der Waals surface area (Å²) in [5.74, 6) is 0.232. The van der Waals surface area contributed by atoms with Gasteiger partial charge in [-0.3, -0.25) is 4.79 Å². The fourth-order valence-corrected chi connectivity index (χ4v) is 4.04. The van der Waals surface area contributed by atoms with Crippen LogP contribution in [0.4, 0.5) is 0 Å². The first kappa shape index (κ1) is 15.0. The molecule has 4 heteroatoms. The minimum atomic E-state index is 0.232. The average Bonchev–Trinajstić information content (AvgIpc) is 2.94. The summed E-state index contributed by atoms with van der Waals surface area (Å²) in [6.07, 6.45) is 7.21. The van der Waals surface area contributed by atoms with Crippen molar-refractivity contribution in [1.29, 1.82) is 0 Å². The molecule has 1 saturated carbocycles. The van der Waals surface area contributed by atoms with Gasteiger partial charge in [-0.25, -0.2) is 0 Å². The zero-order chi connectivity index (χ0) is 13.7. The van der Waals surface area contributed by atoms with Crippen molar-refractivity contribution >= 4 is 33.2 Å². The lowest BCUT2D eigenvalue weighted by Gasteiger charge is -2.33. The molecule has 2 nitrogen and oxygen atoms in total. The summed E-state index contributed by atoms with van der Waals surface area (Å²) in [5, 5.41) is 0.862. The Labute approximate surface area is 128 Å². The first-order chi connectivity index (χ1) is 9.26. The van der Waals surface area contributed by atoms with E-state index in [-0.39, 0.29) is 5.91 Å². The average molecular weight is 344 g/mol. The van der Waals surface area contributed by atoms with Crippen LogP contribution in [0.1, 0.15) is 53.6 Å². The topological polar surface area (TPSA) is 20.3 Å². The number of hydrogen-bond donors (Lipinski definition) is 0. The Balaban J connectivity index is 2.10. The first-order valence-corrected chi connectivity index (χ1v) is 9.15. The normalized spacial score (nSPS) is 16.5. The number of alkyl halides is 1. The molecule has 1 heterocycles. The highest BCUT2D eigenvalue weighted by Gasteiger charge is 2.26. The van der Waals surface area contributed by atoms with E-state index in [1.165, 1.54) is 37.0 Å². The molecule has 0 bridgehead atoms. The second-order valence-electron chi connectivity index (χ2n) is 5.10. The zero-order valence-corrected chi connectivity index (χ0v) is 13.9. The van der Waals surface area contributed by atoms with Gasteiger partial charge in [-0.1, -0.05) is 42.1 Å². The van der Waals surface area contributed by atoms with Crippen LogP contribution in [0.3, 0.4) is 0 Å². The third kappa shape index (κ3) is 3.82. The molecule has 106 valence electrons. The lowest BCUT2D eigenvalue weighted by atomic mass is 9.94. The molecule has 0 aliphatic heterocycles. The van der Waals surface area contributed by atoms with E-state index in [0.717, 1.165) is 23.2 Å². The summed E-state index contributed by atoms with van der Waals surface area (Å²) >= 11 is 5.14. The van der Waals surface area contributed by atoms with Gasteiger partial charge in [0.05, 0.1) is 4.88 Å². The predicted octanol–water partition coefficient (Wildman–Crippen LogP) is 4.48. The number of carbonyl (C=O) groups is 1. The van der Waals surface area contributed by atoms with Crippen LogP contribution < -0.4 is 0 Å². The molecule has 0 N–H and O–H groups in total. The monoisotopic (exact) mass is 343 g/mol. The molecular formula is C15H22BrNOS. The van der Waals surface area contributed by atoms with Crippen LogP contribution in [0, 0.1) is 0 Å². The van der Waals surface area contributed by atoms with E-state index in [1.807, 2.05) is 6.07 Å². The highest BCUT2D eigenvalue weighted by molar-refractivity contribution is 9.09. The van der Waals surface area contributed by atoms with E-state index in [4.69, 9.17) is 0 Å². The van der Waals surface area contributed by atoms with Gasteiger partial charge in [-0.2, -0.15) is 0 Å². The summed E-state index contributed by atoms with van der Waals surface area (Å²) in [6.45, 7) is 2.96. The van der Waals surface area contributed by atoms with Gasteiger partial charge in [-0.05, 0) is 31.4 Å². The SMILES string of the molecule is CCc1ccc(C(=O)N(CCBr)C2CCCCC2)s1. The van der Waals surface area contributed by atoms with Crippen LogP contribution in [-0.2, 0) is 6.42 Å². The second-order valence-corrected chi connectivity index (χ2v) is 7.06. The standard InChI is InChI=1S/C15H22BrNOS/c1-2-13-8-9-14(19-13)15(18)17(11-10-16)12-6-4-3-5-7-12/h8-9,12H,2-7,10-11H2,1H3. The molecule has 1 aliphatic rings. The van der Waals surface area contributed by atoms with E-state index in [1.54, 1.807) is 11.3 Å². The predicted molar refractivity (Wildman–Crippen MR) is 85.4 cm³/mol. The Kier molecular flexibility index (Phi) is 5.89. The van der Waals surface area contributed by atoms with E-state index in [0.29, 0.717) is 6.04 Å². The van der Waals surface area contributed by atoms with Crippen molar-refractivity contribution in [3.05, 3.63) is 21.9 Å². The number of carbonyl (C=O) groups excluding carboxylic acids is 1. The lowest BCUT2D eigenvalue weighted by molar-refractivity contribution is 0.0656. The Bertz CT molecular complexity index is 412. The van der Waals surface area contributed by atoms with Crippen molar-refractivity contribution in [3.63, 3.8) is 0 Å². The van der Waals surface area contributed by atoms with Crippen molar-refractivity contribution in [2.24, 2.45) is 0 Å². The van der Waals surface area contributed by atoms with E-state index in [9.17, 15) is 4.79 Å². The fourth-order valence-electron chi connectivity index (χ4n) is 2.76. The largest absolute Gasteiger partial charge is 0.334 e. The highest BCUT2D eigenvalue weighted by Crippen LogP contribution is 2.26. The first-order valence-electron chi connectivity index (χ1n) is 7.22. The molecule has 2 rings (SSSR count). The van der Waals surface area contributed by atoms with E-state index < -0.39 is 0 Å². The van der Waals surface area contributed by atoms with E-state index >= 15 is 0 Å². The number of halogens is 1. The summed E-state index contributed by atoms with van der Waals surface area (Å²) in [6, 6.07) is 4.53. The van der Waals surface area contributed by atoms with Crippen molar-refractivity contribution < 1.29 is 4.79 Å². The summed E-state index contributed by atoms with van der Waals surface area (Å²) in [5.41, 5.74) is 0. The van der Waals surface area contributed by atoms with Crippen LogP contribution in [-0.4, -0.2) is 28.7 Å². The Morgan fingerprint density at radius 3 is 2.68 bits per heavy atom. The molecule has 1 aromatic rings. The molecule has 1 aliphatic carbocycles.